The molecule has 1 saturated heterocycles. The molecule has 2 heterocycles. The molecule has 1 fully saturated rings. The molecule has 6 heteroatoms. The van der Waals surface area contributed by atoms with Crippen molar-refractivity contribution in [2.24, 2.45) is 11.7 Å². The molecule has 1 aliphatic carbocycles. The van der Waals surface area contributed by atoms with Crippen molar-refractivity contribution in [2.75, 3.05) is 19.3 Å². The van der Waals surface area contributed by atoms with Gasteiger partial charge in [0, 0.05) is 28.9 Å². The largest absolute Gasteiger partial charge is 0.323 e. The molecule has 0 saturated carbocycles. The molecule has 0 spiro atoms. The van der Waals surface area contributed by atoms with Crippen molar-refractivity contribution in [1.29, 1.82) is 0 Å². The summed E-state index contributed by atoms with van der Waals surface area (Å²) in [6.45, 7) is 1.30. The first kappa shape index (κ1) is 15.5. The predicted molar refractivity (Wildman–Crippen MR) is 87.0 cm³/mol. The second-order valence-electron chi connectivity index (χ2n) is 6.42. The van der Waals surface area contributed by atoms with E-state index in [0.29, 0.717) is 19.0 Å². The molecule has 21 heavy (non-hydrogen) atoms. The zero-order valence-corrected chi connectivity index (χ0v) is 14.2. The van der Waals surface area contributed by atoms with Crippen molar-refractivity contribution < 1.29 is 8.42 Å². The fourth-order valence-corrected chi connectivity index (χ4v) is 5.74. The third-order valence-electron chi connectivity index (χ3n) is 4.67. The monoisotopic (exact) mass is 328 g/mol. The molecule has 3 rings (SSSR count). The first-order valence-electron chi connectivity index (χ1n) is 7.75. The van der Waals surface area contributed by atoms with Crippen LogP contribution in [0.1, 0.15) is 47.0 Å². The quantitative estimate of drug-likeness (QED) is 0.922. The van der Waals surface area contributed by atoms with Gasteiger partial charge in [-0.05, 0) is 56.1 Å². The third-order valence-corrected chi connectivity index (χ3v) is 7.31. The van der Waals surface area contributed by atoms with Gasteiger partial charge in [0.15, 0.2) is 0 Å². The normalized spacial score (nSPS) is 25.0. The average molecular weight is 329 g/mol. The van der Waals surface area contributed by atoms with Crippen molar-refractivity contribution in [1.82, 2.24) is 4.31 Å². The van der Waals surface area contributed by atoms with E-state index in [-0.39, 0.29) is 6.04 Å². The highest BCUT2D eigenvalue weighted by atomic mass is 32.2. The van der Waals surface area contributed by atoms with Gasteiger partial charge in [-0.25, -0.2) is 12.7 Å². The van der Waals surface area contributed by atoms with Crippen LogP contribution in [0.5, 0.6) is 0 Å². The van der Waals surface area contributed by atoms with Crippen LogP contribution in [0.15, 0.2) is 6.07 Å². The van der Waals surface area contributed by atoms with E-state index in [1.807, 2.05) is 11.3 Å². The van der Waals surface area contributed by atoms with E-state index in [1.165, 1.54) is 40.8 Å². The summed E-state index contributed by atoms with van der Waals surface area (Å²) in [5.74, 6) is 0.389. The van der Waals surface area contributed by atoms with E-state index in [2.05, 4.69) is 6.07 Å². The summed E-state index contributed by atoms with van der Waals surface area (Å²) in [7, 11) is -3.06. The molecule has 4 nitrogen and oxygen atoms in total. The summed E-state index contributed by atoms with van der Waals surface area (Å²) in [5.41, 5.74) is 7.88. The van der Waals surface area contributed by atoms with Crippen LogP contribution in [-0.4, -0.2) is 32.1 Å². The second kappa shape index (κ2) is 5.99. The minimum absolute atomic E-state index is 0.0603. The maximum Gasteiger partial charge on any atom is 0.211 e. The lowest BCUT2D eigenvalue weighted by atomic mass is 9.92. The molecule has 1 aromatic rings. The van der Waals surface area contributed by atoms with Crippen molar-refractivity contribution >= 4 is 21.4 Å². The van der Waals surface area contributed by atoms with Gasteiger partial charge >= 0.3 is 0 Å². The van der Waals surface area contributed by atoms with E-state index in [1.54, 1.807) is 4.31 Å². The maximum atomic E-state index is 11.7. The summed E-state index contributed by atoms with van der Waals surface area (Å²) in [6.07, 6.45) is 7.92. The lowest BCUT2D eigenvalue weighted by molar-refractivity contribution is 0.247. The molecule has 0 radical (unpaired) electrons. The zero-order valence-electron chi connectivity index (χ0n) is 12.5. The van der Waals surface area contributed by atoms with Crippen LogP contribution in [-0.2, 0) is 22.9 Å². The SMILES string of the molecule is CS(=O)(=O)N1CCCC(CC(N)c2cc3c(s2)CCC3)C1. The molecular weight excluding hydrogens is 304 g/mol. The zero-order chi connectivity index (χ0) is 15.0. The first-order valence-corrected chi connectivity index (χ1v) is 10.4. The van der Waals surface area contributed by atoms with E-state index in [9.17, 15) is 8.42 Å². The summed E-state index contributed by atoms with van der Waals surface area (Å²) in [4.78, 5) is 2.80. The van der Waals surface area contributed by atoms with Crippen LogP contribution >= 0.6 is 11.3 Å². The predicted octanol–water partition coefficient (Wildman–Crippen LogP) is 2.30. The summed E-state index contributed by atoms with van der Waals surface area (Å²) >= 11 is 1.87. The average Bonchev–Trinajstić information content (AvgIpc) is 2.98. The van der Waals surface area contributed by atoms with E-state index in [0.717, 1.165) is 19.3 Å². The molecule has 0 bridgehead atoms. The van der Waals surface area contributed by atoms with Crippen LogP contribution in [0.2, 0.25) is 0 Å². The highest BCUT2D eigenvalue weighted by Gasteiger charge is 2.28. The van der Waals surface area contributed by atoms with Crippen LogP contribution in [0.4, 0.5) is 0 Å². The number of hydrogen-bond donors (Lipinski definition) is 1. The fraction of sp³-hybridized carbons (Fsp3) is 0.733. The third kappa shape index (κ3) is 3.50. The van der Waals surface area contributed by atoms with Gasteiger partial charge in [0.25, 0.3) is 0 Å². The summed E-state index contributed by atoms with van der Waals surface area (Å²) < 4.78 is 25.0. The van der Waals surface area contributed by atoms with Gasteiger partial charge in [-0.3, -0.25) is 0 Å². The van der Waals surface area contributed by atoms with Gasteiger partial charge < -0.3 is 5.73 Å². The number of thiophene rings is 1. The van der Waals surface area contributed by atoms with E-state index >= 15 is 0 Å². The van der Waals surface area contributed by atoms with Crippen molar-refractivity contribution in [2.45, 2.75) is 44.6 Å². The lowest BCUT2D eigenvalue weighted by Gasteiger charge is -2.32. The molecule has 2 aliphatic rings. The first-order chi connectivity index (χ1) is 9.93. The Bertz CT molecular complexity index is 588. The Balaban J connectivity index is 1.62. The Labute approximate surface area is 131 Å². The maximum absolute atomic E-state index is 11.7. The lowest BCUT2D eigenvalue weighted by Crippen LogP contribution is -2.40. The molecule has 2 N–H and O–H groups in total. The summed E-state index contributed by atoms with van der Waals surface area (Å²) in [5, 5.41) is 0. The van der Waals surface area contributed by atoms with Gasteiger partial charge in [-0.1, -0.05) is 0 Å². The number of aryl methyl sites for hydroxylation is 2. The van der Waals surface area contributed by atoms with Gasteiger partial charge in [-0.2, -0.15) is 0 Å². The topological polar surface area (TPSA) is 63.4 Å². The van der Waals surface area contributed by atoms with Gasteiger partial charge in [0.1, 0.15) is 0 Å². The standard InChI is InChI=1S/C15H24N2O2S2/c1-21(18,19)17-7-3-4-11(10-17)8-13(16)15-9-12-5-2-6-14(12)20-15/h9,11,13H,2-8,10,16H2,1H3. The van der Waals surface area contributed by atoms with Gasteiger partial charge in [0.2, 0.25) is 10.0 Å². The Hall–Kier alpha value is -0.430. The minimum Gasteiger partial charge on any atom is -0.323 e. The Kier molecular flexibility index (Phi) is 4.41. The van der Waals surface area contributed by atoms with Gasteiger partial charge in [-0.15, -0.1) is 11.3 Å². The number of sulfonamides is 1. The molecule has 0 aromatic carbocycles. The van der Waals surface area contributed by atoms with Crippen molar-refractivity contribution in [3.63, 3.8) is 0 Å². The second-order valence-corrected chi connectivity index (χ2v) is 9.57. The number of nitrogens with two attached hydrogens (primary N) is 1. The Morgan fingerprint density at radius 2 is 2.24 bits per heavy atom. The van der Waals surface area contributed by atoms with E-state index in [4.69, 9.17) is 5.73 Å². The van der Waals surface area contributed by atoms with Crippen LogP contribution < -0.4 is 5.73 Å². The van der Waals surface area contributed by atoms with Gasteiger partial charge in [0.05, 0.1) is 6.26 Å². The van der Waals surface area contributed by atoms with Crippen molar-refractivity contribution in [3.8, 4) is 0 Å². The number of fused-ring (bicyclic) bond motifs is 1. The van der Waals surface area contributed by atoms with Crippen LogP contribution in [0.3, 0.4) is 0 Å². The molecule has 2 unspecified atom stereocenters. The van der Waals surface area contributed by atoms with E-state index < -0.39 is 10.0 Å². The smallest absolute Gasteiger partial charge is 0.211 e. The molecule has 1 aromatic heterocycles. The number of rotatable bonds is 4. The molecule has 0 amide bonds. The molecule has 118 valence electrons. The van der Waals surface area contributed by atoms with Crippen LogP contribution in [0.25, 0.3) is 0 Å². The highest BCUT2D eigenvalue weighted by Crippen LogP contribution is 2.36. The Morgan fingerprint density at radius 3 is 2.95 bits per heavy atom. The fourth-order valence-electron chi connectivity index (χ4n) is 3.53. The molecular formula is C15H24N2O2S2. The highest BCUT2D eigenvalue weighted by molar-refractivity contribution is 7.88. The molecule has 2 atom stereocenters. The van der Waals surface area contributed by atoms with Crippen molar-refractivity contribution in [3.05, 3.63) is 21.4 Å². The summed E-state index contributed by atoms with van der Waals surface area (Å²) in [6, 6.07) is 2.35. The van der Waals surface area contributed by atoms with Crippen LogP contribution in [0, 0.1) is 5.92 Å². The number of piperidine rings is 1. The minimum atomic E-state index is -3.06. The molecule has 1 aliphatic heterocycles. The number of nitrogens with zero attached hydrogens (tertiary/aromatic N) is 1. The number of hydrogen-bond acceptors (Lipinski definition) is 4. The Morgan fingerprint density at radius 1 is 1.43 bits per heavy atom.